The fourth-order valence-corrected chi connectivity index (χ4v) is 1.64. The maximum Gasteiger partial charge on any atom is 0.180 e. The van der Waals surface area contributed by atoms with Crippen LogP contribution in [0.4, 0.5) is 0 Å². The molecular formula is C14H16N2O. The lowest BCUT2D eigenvalue weighted by atomic mass is 10.2. The third-order valence-corrected chi connectivity index (χ3v) is 2.46. The van der Waals surface area contributed by atoms with Crippen molar-refractivity contribution < 1.29 is 4.74 Å². The van der Waals surface area contributed by atoms with E-state index in [0.717, 1.165) is 18.0 Å². The molecule has 0 aliphatic carbocycles. The van der Waals surface area contributed by atoms with Crippen LogP contribution < -0.4 is 0 Å². The van der Waals surface area contributed by atoms with E-state index in [4.69, 9.17) is 4.74 Å². The van der Waals surface area contributed by atoms with Crippen molar-refractivity contribution in [3.63, 3.8) is 0 Å². The van der Waals surface area contributed by atoms with Gasteiger partial charge in [0.1, 0.15) is 6.10 Å². The number of ether oxygens (including phenoxy) is 1. The summed E-state index contributed by atoms with van der Waals surface area (Å²) in [5, 5.41) is 1.20. The van der Waals surface area contributed by atoms with Gasteiger partial charge in [0.25, 0.3) is 0 Å². The second-order valence-electron chi connectivity index (χ2n) is 3.98. The molecule has 2 heterocycles. The van der Waals surface area contributed by atoms with Gasteiger partial charge in [-0.1, -0.05) is 24.3 Å². The number of hydrogen-bond donors (Lipinski definition) is 0. The number of pyridine rings is 1. The van der Waals surface area contributed by atoms with Crippen molar-refractivity contribution in [2.75, 3.05) is 6.54 Å². The van der Waals surface area contributed by atoms with Gasteiger partial charge in [0.15, 0.2) is 5.90 Å². The van der Waals surface area contributed by atoms with E-state index < -0.39 is 0 Å². The van der Waals surface area contributed by atoms with Gasteiger partial charge in [-0.3, -0.25) is 9.98 Å². The summed E-state index contributed by atoms with van der Waals surface area (Å²) in [6.07, 6.45) is 2.13. The lowest BCUT2D eigenvalue weighted by Crippen LogP contribution is -2.04. The average Bonchev–Trinajstić information content (AvgIpc) is 2.74. The number of benzene rings is 1. The molecule has 1 aromatic carbocycles. The van der Waals surface area contributed by atoms with Crippen molar-refractivity contribution in [3.8, 4) is 0 Å². The van der Waals surface area contributed by atoms with E-state index in [1.54, 1.807) is 0 Å². The number of rotatable bonds is 0. The molecule has 0 bridgehead atoms. The average molecular weight is 228 g/mol. The third kappa shape index (κ3) is 3.28. The van der Waals surface area contributed by atoms with Gasteiger partial charge >= 0.3 is 0 Å². The van der Waals surface area contributed by atoms with Crippen LogP contribution in [0.3, 0.4) is 0 Å². The molecule has 17 heavy (non-hydrogen) atoms. The van der Waals surface area contributed by atoms with Gasteiger partial charge in [0.2, 0.25) is 0 Å². The van der Waals surface area contributed by atoms with Crippen molar-refractivity contribution in [1.82, 2.24) is 4.98 Å². The standard InChI is InChI=1S/C9H7N.C5H9NO/c1-2-6-9-8(4-1)5-3-7-10-9;1-4-3-6-5(2)7-4/h1-7H;4H,3H2,1-2H3. The van der Waals surface area contributed by atoms with E-state index in [9.17, 15) is 0 Å². The molecule has 0 amide bonds. The number of hydrogen-bond acceptors (Lipinski definition) is 3. The van der Waals surface area contributed by atoms with E-state index in [2.05, 4.69) is 22.1 Å². The zero-order chi connectivity index (χ0) is 12.1. The quantitative estimate of drug-likeness (QED) is 0.694. The van der Waals surface area contributed by atoms with Gasteiger partial charge < -0.3 is 4.74 Å². The third-order valence-electron chi connectivity index (χ3n) is 2.46. The minimum atomic E-state index is 0.319. The molecule has 2 aromatic rings. The summed E-state index contributed by atoms with van der Waals surface area (Å²) < 4.78 is 5.11. The highest BCUT2D eigenvalue weighted by Gasteiger charge is 2.08. The van der Waals surface area contributed by atoms with Gasteiger partial charge in [-0.25, -0.2) is 0 Å². The molecule has 1 unspecified atom stereocenters. The van der Waals surface area contributed by atoms with Gasteiger partial charge in [-0.15, -0.1) is 0 Å². The lowest BCUT2D eigenvalue weighted by Gasteiger charge is -1.98. The van der Waals surface area contributed by atoms with Gasteiger partial charge in [0.05, 0.1) is 12.1 Å². The number of nitrogens with zero attached hydrogens (tertiary/aromatic N) is 2. The van der Waals surface area contributed by atoms with E-state index in [-0.39, 0.29) is 0 Å². The van der Waals surface area contributed by atoms with Crippen molar-refractivity contribution in [2.45, 2.75) is 20.0 Å². The Morgan fingerprint density at radius 2 is 1.94 bits per heavy atom. The molecule has 0 N–H and O–H groups in total. The summed E-state index contributed by atoms with van der Waals surface area (Å²) >= 11 is 0. The highest BCUT2D eigenvalue weighted by Crippen LogP contribution is 2.07. The Balaban J connectivity index is 0.000000136. The monoisotopic (exact) mass is 228 g/mol. The normalized spacial score (nSPS) is 18.0. The highest BCUT2D eigenvalue weighted by atomic mass is 16.5. The van der Waals surface area contributed by atoms with E-state index in [1.165, 1.54) is 5.39 Å². The largest absolute Gasteiger partial charge is 0.476 e. The number of fused-ring (bicyclic) bond motifs is 1. The summed E-state index contributed by atoms with van der Waals surface area (Å²) in [4.78, 5) is 8.19. The molecule has 0 fully saturated rings. The summed E-state index contributed by atoms with van der Waals surface area (Å²) in [6, 6.07) is 12.1. The van der Waals surface area contributed by atoms with E-state index in [1.807, 2.05) is 44.3 Å². The summed E-state index contributed by atoms with van der Waals surface area (Å²) in [6.45, 7) is 4.73. The van der Waals surface area contributed by atoms with Crippen molar-refractivity contribution >= 4 is 16.8 Å². The van der Waals surface area contributed by atoms with E-state index >= 15 is 0 Å². The van der Waals surface area contributed by atoms with Crippen LogP contribution in [0.2, 0.25) is 0 Å². The fourth-order valence-electron chi connectivity index (χ4n) is 1.64. The predicted octanol–water partition coefficient (Wildman–Crippen LogP) is 3.06. The first-order chi connectivity index (χ1) is 8.25. The Morgan fingerprint density at radius 3 is 2.53 bits per heavy atom. The molecule has 0 saturated carbocycles. The van der Waals surface area contributed by atoms with Crippen LogP contribution in [0.5, 0.6) is 0 Å². The first kappa shape index (κ1) is 11.6. The number of para-hydroxylation sites is 1. The molecule has 3 rings (SSSR count). The zero-order valence-corrected chi connectivity index (χ0v) is 10.1. The summed E-state index contributed by atoms with van der Waals surface area (Å²) in [5.41, 5.74) is 1.06. The molecule has 3 heteroatoms. The molecule has 88 valence electrons. The van der Waals surface area contributed by atoms with Gasteiger partial charge in [-0.2, -0.15) is 0 Å². The van der Waals surface area contributed by atoms with Crippen LogP contribution in [0.1, 0.15) is 13.8 Å². The van der Waals surface area contributed by atoms with Crippen molar-refractivity contribution in [3.05, 3.63) is 42.6 Å². The Morgan fingerprint density at radius 1 is 1.18 bits per heavy atom. The number of aliphatic imine (C=N–C) groups is 1. The van der Waals surface area contributed by atoms with E-state index in [0.29, 0.717) is 6.10 Å². The fraction of sp³-hybridized carbons (Fsp3) is 0.286. The second kappa shape index (κ2) is 5.43. The molecule has 1 aliphatic rings. The van der Waals surface area contributed by atoms with Crippen LogP contribution in [0, 0.1) is 0 Å². The van der Waals surface area contributed by atoms with Crippen LogP contribution in [0.15, 0.2) is 47.6 Å². The minimum Gasteiger partial charge on any atom is -0.476 e. The Labute approximate surface area is 101 Å². The molecule has 0 saturated heterocycles. The Bertz CT molecular complexity index is 457. The molecule has 0 spiro atoms. The Kier molecular flexibility index (Phi) is 3.70. The minimum absolute atomic E-state index is 0.319. The smallest absolute Gasteiger partial charge is 0.180 e. The van der Waals surface area contributed by atoms with Crippen LogP contribution in [-0.4, -0.2) is 23.5 Å². The summed E-state index contributed by atoms with van der Waals surface area (Å²) in [5.74, 6) is 0.826. The Hall–Kier alpha value is -1.90. The first-order valence-electron chi connectivity index (χ1n) is 5.73. The second-order valence-corrected chi connectivity index (χ2v) is 3.98. The lowest BCUT2D eigenvalue weighted by molar-refractivity contribution is 0.244. The maximum atomic E-state index is 5.11. The predicted molar refractivity (Wildman–Crippen MR) is 70.3 cm³/mol. The maximum absolute atomic E-state index is 5.11. The van der Waals surface area contributed by atoms with Crippen LogP contribution >= 0.6 is 0 Å². The van der Waals surface area contributed by atoms with Crippen molar-refractivity contribution in [1.29, 1.82) is 0 Å². The molecule has 3 nitrogen and oxygen atoms in total. The topological polar surface area (TPSA) is 34.5 Å². The molecule has 1 aliphatic heterocycles. The highest BCUT2D eigenvalue weighted by molar-refractivity contribution is 5.77. The van der Waals surface area contributed by atoms with Crippen LogP contribution in [-0.2, 0) is 4.74 Å². The van der Waals surface area contributed by atoms with Crippen LogP contribution in [0.25, 0.3) is 10.9 Å². The molecule has 0 radical (unpaired) electrons. The zero-order valence-electron chi connectivity index (χ0n) is 10.1. The summed E-state index contributed by atoms with van der Waals surface area (Å²) in [7, 11) is 0. The first-order valence-corrected chi connectivity index (χ1v) is 5.73. The SMILES string of the molecule is CC1=NCC(C)O1.c1ccc2ncccc2c1. The van der Waals surface area contributed by atoms with Crippen molar-refractivity contribution in [2.24, 2.45) is 4.99 Å². The van der Waals surface area contributed by atoms with Gasteiger partial charge in [0, 0.05) is 18.5 Å². The molecule has 1 atom stereocenters. The molecule has 1 aromatic heterocycles. The van der Waals surface area contributed by atoms with Gasteiger partial charge in [-0.05, 0) is 19.1 Å². The number of aromatic nitrogens is 1. The molecular weight excluding hydrogens is 212 g/mol.